The molecule has 1 aromatic heterocycles. The lowest BCUT2D eigenvalue weighted by Gasteiger charge is -2.15. The molecule has 1 aliphatic carbocycles. The molecule has 0 saturated heterocycles. The summed E-state index contributed by atoms with van der Waals surface area (Å²) in [5, 5.41) is 3.12. The number of nitrogens with zero attached hydrogens (tertiary/aromatic N) is 2. The number of guanidine groups is 1. The second-order valence-electron chi connectivity index (χ2n) is 5.81. The van der Waals surface area contributed by atoms with Crippen molar-refractivity contribution in [1.82, 2.24) is 4.98 Å². The number of hydrogen-bond acceptors (Lipinski definition) is 2. The van der Waals surface area contributed by atoms with Crippen LogP contribution in [0, 0.1) is 6.92 Å². The maximum Gasteiger partial charge on any atom is 0.193 e. The van der Waals surface area contributed by atoms with Crippen molar-refractivity contribution in [2.75, 3.05) is 5.32 Å². The van der Waals surface area contributed by atoms with Gasteiger partial charge in [-0.1, -0.05) is 18.2 Å². The number of nitrogens with one attached hydrogen (secondary N) is 1. The fourth-order valence-corrected chi connectivity index (χ4v) is 2.79. The van der Waals surface area contributed by atoms with Crippen molar-refractivity contribution in [2.24, 2.45) is 10.7 Å². The van der Waals surface area contributed by atoms with Crippen molar-refractivity contribution in [3.8, 4) is 0 Å². The lowest BCUT2D eigenvalue weighted by molar-refractivity contribution is 0.663. The maximum atomic E-state index is 5.95. The summed E-state index contributed by atoms with van der Waals surface area (Å²) in [5.41, 5.74) is 11.7. The van der Waals surface area contributed by atoms with E-state index in [2.05, 4.69) is 35.4 Å². The van der Waals surface area contributed by atoms with Gasteiger partial charge in [0.15, 0.2) is 5.96 Å². The average molecular weight is 294 g/mol. The molecule has 3 N–H and O–H groups in total. The van der Waals surface area contributed by atoms with Gasteiger partial charge in [0.05, 0.1) is 12.2 Å². The van der Waals surface area contributed by atoms with Gasteiger partial charge in [-0.25, -0.2) is 4.99 Å². The van der Waals surface area contributed by atoms with E-state index < -0.39 is 0 Å². The number of rotatable bonds is 3. The molecule has 3 rings (SSSR count). The molecule has 1 heterocycles. The van der Waals surface area contributed by atoms with E-state index in [9.17, 15) is 0 Å². The molecule has 2 aromatic rings. The molecule has 0 amide bonds. The van der Waals surface area contributed by atoms with Crippen LogP contribution < -0.4 is 11.1 Å². The predicted octanol–water partition coefficient (Wildman–Crippen LogP) is 3.20. The van der Waals surface area contributed by atoms with Crippen LogP contribution in [0.2, 0.25) is 0 Å². The third-order valence-corrected chi connectivity index (χ3v) is 3.94. The average Bonchev–Trinajstić information content (AvgIpc) is 2.53. The Bertz CT molecular complexity index is 691. The normalized spacial score (nSPS) is 14.5. The number of pyridine rings is 1. The molecule has 0 fully saturated rings. The van der Waals surface area contributed by atoms with E-state index in [0.717, 1.165) is 24.2 Å². The van der Waals surface area contributed by atoms with E-state index in [0.29, 0.717) is 12.5 Å². The topological polar surface area (TPSA) is 63.3 Å². The number of aromatic nitrogens is 1. The highest BCUT2D eigenvalue weighted by Crippen LogP contribution is 2.19. The van der Waals surface area contributed by atoms with Crippen LogP contribution in [-0.2, 0) is 19.4 Å². The van der Waals surface area contributed by atoms with Crippen LogP contribution in [0.3, 0.4) is 0 Å². The van der Waals surface area contributed by atoms with Crippen molar-refractivity contribution in [3.63, 3.8) is 0 Å². The van der Waals surface area contributed by atoms with Crippen LogP contribution in [0.5, 0.6) is 0 Å². The summed E-state index contributed by atoms with van der Waals surface area (Å²) >= 11 is 0. The summed E-state index contributed by atoms with van der Waals surface area (Å²) in [6.07, 6.45) is 4.76. The number of aryl methyl sites for hydroxylation is 3. The second-order valence-corrected chi connectivity index (χ2v) is 5.81. The van der Waals surface area contributed by atoms with Crippen molar-refractivity contribution < 1.29 is 0 Å². The van der Waals surface area contributed by atoms with Crippen molar-refractivity contribution in [1.29, 1.82) is 0 Å². The summed E-state index contributed by atoms with van der Waals surface area (Å²) in [7, 11) is 0. The van der Waals surface area contributed by atoms with Crippen molar-refractivity contribution in [2.45, 2.75) is 39.2 Å². The van der Waals surface area contributed by atoms with E-state index in [-0.39, 0.29) is 0 Å². The Morgan fingerprint density at radius 3 is 2.95 bits per heavy atom. The zero-order valence-corrected chi connectivity index (χ0v) is 13.0. The minimum atomic E-state index is 0.421. The molecule has 4 nitrogen and oxygen atoms in total. The number of hydrogen-bond donors (Lipinski definition) is 2. The molecule has 1 aliphatic rings. The quantitative estimate of drug-likeness (QED) is 0.675. The highest BCUT2D eigenvalue weighted by Gasteiger charge is 2.10. The molecular formula is C18H22N4. The molecule has 114 valence electrons. The lowest BCUT2D eigenvalue weighted by atomic mass is 9.96. The molecule has 0 aliphatic heterocycles. The van der Waals surface area contributed by atoms with Gasteiger partial charge >= 0.3 is 0 Å². The summed E-state index contributed by atoms with van der Waals surface area (Å²) < 4.78 is 0. The standard InChI is InChI=1S/C18H22N4/c1-13-5-4-7-15(11-13)22-18(19)20-12-16-10-9-14-6-2-3-8-17(14)21-16/h4-5,7,9-11H,2-3,6,8,12H2,1H3,(H3,19,20,22). The number of aliphatic imine (C=N–C) groups is 1. The van der Waals surface area contributed by atoms with Crippen LogP contribution in [0.1, 0.15) is 35.4 Å². The smallest absolute Gasteiger partial charge is 0.193 e. The number of nitrogens with two attached hydrogens (primary N) is 1. The molecule has 0 unspecified atom stereocenters. The molecule has 4 heteroatoms. The minimum absolute atomic E-state index is 0.421. The first-order valence-electron chi connectivity index (χ1n) is 7.82. The van der Waals surface area contributed by atoms with Gasteiger partial charge in [-0.3, -0.25) is 4.98 Å². The van der Waals surface area contributed by atoms with Crippen LogP contribution in [0.15, 0.2) is 41.4 Å². The van der Waals surface area contributed by atoms with Crippen LogP contribution in [0.25, 0.3) is 0 Å². The number of fused-ring (bicyclic) bond motifs is 1. The molecular weight excluding hydrogens is 272 g/mol. The Labute approximate surface area is 131 Å². The largest absolute Gasteiger partial charge is 0.370 e. The minimum Gasteiger partial charge on any atom is -0.370 e. The van der Waals surface area contributed by atoms with E-state index in [4.69, 9.17) is 10.7 Å². The monoisotopic (exact) mass is 294 g/mol. The highest BCUT2D eigenvalue weighted by atomic mass is 15.1. The third-order valence-electron chi connectivity index (χ3n) is 3.94. The third kappa shape index (κ3) is 3.64. The Morgan fingerprint density at radius 1 is 1.23 bits per heavy atom. The lowest BCUT2D eigenvalue weighted by Crippen LogP contribution is -2.22. The summed E-state index contributed by atoms with van der Waals surface area (Å²) in [6, 6.07) is 12.3. The highest BCUT2D eigenvalue weighted by molar-refractivity contribution is 5.92. The SMILES string of the molecule is Cc1cccc(NC(N)=NCc2ccc3c(n2)CCCC3)c1. The van der Waals surface area contributed by atoms with Crippen LogP contribution in [-0.4, -0.2) is 10.9 Å². The molecule has 0 bridgehead atoms. The van der Waals surface area contributed by atoms with Gasteiger partial charge < -0.3 is 11.1 Å². The second kappa shape index (κ2) is 6.60. The zero-order valence-electron chi connectivity index (χ0n) is 13.0. The van der Waals surface area contributed by atoms with Crippen molar-refractivity contribution >= 4 is 11.6 Å². The predicted molar refractivity (Wildman–Crippen MR) is 91.0 cm³/mol. The molecule has 22 heavy (non-hydrogen) atoms. The molecule has 0 saturated carbocycles. The van der Waals surface area contributed by atoms with Gasteiger partial charge in [0.1, 0.15) is 0 Å². The van der Waals surface area contributed by atoms with E-state index in [1.165, 1.54) is 29.7 Å². The summed E-state index contributed by atoms with van der Waals surface area (Å²) in [4.78, 5) is 9.11. The zero-order chi connectivity index (χ0) is 15.4. The molecule has 0 radical (unpaired) electrons. The number of anilines is 1. The summed E-state index contributed by atoms with van der Waals surface area (Å²) in [5.74, 6) is 0.421. The molecule has 0 atom stereocenters. The van der Waals surface area contributed by atoms with Crippen LogP contribution >= 0.6 is 0 Å². The Kier molecular flexibility index (Phi) is 4.37. The Hall–Kier alpha value is -2.36. The van der Waals surface area contributed by atoms with Gasteiger partial charge in [0, 0.05) is 11.4 Å². The maximum absolute atomic E-state index is 5.95. The van der Waals surface area contributed by atoms with Gasteiger partial charge in [-0.15, -0.1) is 0 Å². The summed E-state index contributed by atoms with van der Waals surface area (Å²) in [6.45, 7) is 2.56. The first kappa shape index (κ1) is 14.6. The first-order chi connectivity index (χ1) is 10.7. The van der Waals surface area contributed by atoms with Gasteiger partial charge in [-0.2, -0.15) is 0 Å². The molecule has 1 aromatic carbocycles. The Balaban J connectivity index is 1.65. The van der Waals surface area contributed by atoms with E-state index >= 15 is 0 Å². The fraction of sp³-hybridized carbons (Fsp3) is 0.333. The van der Waals surface area contributed by atoms with Gasteiger partial charge in [-0.05, 0) is 61.9 Å². The molecule has 0 spiro atoms. The Morgan fingerprint density at radius 2 is 2.09 bits per heavy atom. The van der Waals surface area contributed by atoms with Gasteiger partial charge in [0.2, 0.25) is 0 Å². The fourth-order valence-electron chi connectivity index (χ4n) is 2.79. The first-order valence-corrected chi connectivity index (χ1v) is 7.82. The number of benzene rings is 1. The van der Waals surface area contributed by atoms with E-state index in [1.54, 1.807) is 0 Å². The van der Waals surface area contributed by atoms with Gasteiger partial charge in [0.25, 0.3) is 0 Å². The van der Waals surface area contributed by atoms with E-state index in [1.807, 2.05) is 18.2 Å². The van der Waals surface area contributed by atoms with Crippen molar-refractivity contribution in [3.05, 3.63) is 58.9 Å². The van der Waals surface area contributed by atoms with Crippen LogP contribution in [0.4, 0.5) is 5.69 Å².